The van der Waals surface area contributed by atoms with Crippen LogP contribution in [0.5, 0.6) is 0 Å². The highest BCUT2D eigenvalue weighted by atomic mass is 15.0. The van der Waals surface area contributed by atoms with Crippen LogP contribution in [0.25, 0.3) is 100 Å². The monoisotopic (exact) mass is 691 g/mol. The molecule has 54 heavy (non-hydrogen) atoms. The Kier molecular flexibility index (Phi) is 6.72. The number of para-hydroxylation sites is 3. The molecule has 11 aromatic rings. The highest BCUT2D eigenvalue weighted by molar-refractivity contribution is 6.23. The van der Waals surface area contributed by atoms with Crippen LogP contribution < -0.4 is 0 Å². The Morgan fingerprint density at radius 3 is 1.28 bits per heavy atom. The van der Waals surface area contributed by atoms with Gasteiger partial charge in [-0.05, 0) is 36.4 Å². The van der Waals surface area contributed by atoms with Crippen molar-refractivity contribution in [3.05, 3.63) is 176 Å². The summed E-state index contributed by atoms with van der Waals surface area (Å²) < 4.78 is 4.63. The largest absolute Gasteiger partial charge is 0.307 e. The lowest BCUT2D eigenvalue weighted by Gasteiger charge is -2.13. The van der Waals surface area contributed by atoms with E-state index in [0.29, 0.717) is 17.5 Å². The molecule has 7 nitrogen and oxygen atoms in total. The molecular formula is C47H29N7. The van der Waals surface area contributed by atoms with Crippen LogP contribution >= 0.6 is 0 Å². The SMILES string of the molecule is c1ccc(-c2nc(-c3ccccc3)nc(-c3cccc(-n4c5ccccc5c5cnc6c(ncc7c8ccccc8n(-c8ccccc8)c76)c54)c3)n2)cc1. The minimum absolute atomic E-state index is 0.601. The summed E-state index contributed by atoms with van der Waals surface area (Å²) in [4.78, 5) is 25.4. The average Bonchev–Trinajstić information content (AvgIpc) is 3.78. The number of pyridine rings is 2. The Morgan fingerprint density at radius 1 is 0.333 bits per heavy atom. The molecule has 11 rings (SSSR count). The fourth-order valence-corrected chi connectivity index (χ4v) is 7.82. The second kappa shape index (κ2) is 12.0. The van der Waals surface area contributed by atoms with Crippen molar-refractivity contribution in [1.29, 1.82) is 0 Å². The summed E-state index contributed by atoms with van der Waals surface area (Å²) in [6.45, 7) is 0. The van der Waals surface area contributed by atoms with Crippen molar-refractivity contribution in [3.8, 4) is 45.5 Å². The molecule has 0 saturated heterocycles. The molecule has 0 radical (unpaired) electrons. The predicted octanol–water partition coefficient (Wildman–Crippen LogP) is 11.0. The van der Waals surface area contributed by atoms with Gasteiger partial charge in [-0.15, -0.1) is 0 Å². The Labute approximate surface area is 309 Å². The van der Waals surface area contributed by atoms with Gasteiger partial charge < -0.3 is 9.13 Å². The van der Waals surface area contributed by atoms with E-state index in [1.807, 2.05) is 79.1 Å². The Bertz CT molecular complexity index is 3150. The first-order valence-electron chi connectivity index (χ1n) is 17.9. The molecule has 0 atom stereocenters. The van der Waals surface area contributed by atoms with Crippen LogP contribution in [0.2, 0.25) is 0 Å². The Hall–Kier alpha value is -7.51. The van der Waals surface area contributed by atoms with E-state index in [1.54, 1.807) is 0 Å². The van der Waals surface area contributed by atoms with Crippen LogP contribution in [0, 0.1) is 0 Å². The number of aromatic nitrogens is 7. The average molecular weight is 692 g/mol. The summed E-state index contributed by atoms with van der Waals surface area (Å²) in [5, 5.41) is 4.35. The molecule has 0 aliphatic rings. The van der Waals surface area contributed by atoms with E-state index in [1.165, 1.54) is 0 Å². The summed E-state index contributed by atoms with van der Waals surface area (Å²) in [7, 11) is 0. The summed E-state index contributed by atoms with van der Waals surface area (Å²) in [6.07, 6.45) is 4.03. The zero-order valence-electron chi connectivity index (χ0n) is 28.9. The van der Waals surface area contributed by atoms with E-state index >= 15 is 0 Å². The van der Waals surface area contributed by atoms with Gasteiger partial charge in [-0.2, -0.15) is 0 Å². The number of hydrogen-bond acceptors (Lipinski definition) is 5. The maximum absolute atomic E-state index is 5.22. The molecule has 5 heterocycles. The van der Waals surface area contributed by atoms with Crippen molar-refractivity contribution < 1.29 is 0 Å². The summed E-state index contributed by atoms with van der Waals surface area (Å²) in [5.74, 6) is 1.85. The molecule has 0 saturated carbocycles. The maximum Gasteiger partial charge on any atom is 0.164 e. The number of hydrogen-bond donors (Lipinski definition) is 0. The van der Waals surface area contributed by atoms with Crippen LogP contribution in [0.15, 0.2) is 176 Å². The zero-order valence-corrected chi connectivity index (χ0v) is 28.9. The minimum Gasteiger partial charge on any atom is -0.307 e. The topological polar surface area (TPSA) is 74.3 Å². The van der Waals surface area contributed by atoms with Crippen LogP contribution in [-0.4, -0.2) is 34.1 Å². The normalized spacial score (nSPS) is 11.7. The van der Waals surface area contributed by atoms with Crippen molar-refractivity contribution >= 4 is 54.6 Å². The molecule has 7 heteroatoms. The lowest BCUT2D eigenvalue weighted by Crippen LogP contribution is -2.01. The first-order valence-corrected chi connectivity index (χ1v) is 17.9. The second-order valence-corrected chi connectivity index (χ2v) is 13.4. The van der Waals surface area contributed by atoms with Gasteiger partial charge in [-0.25, -0.2) is 15.0 Å². The van der Waals surface area contributed by atoms with Crippen molar-refractivity contribution in [3.63, 3.8) is 0 Å². The van der Waals surface area contributed by atoms with E-state index in [4.69, 9.17) is 24.9 Å². The first kappa shape index (κ1) is 30.1. The lowest BCUT2D eigenvalue weighted by atomic mass is 10.1. The number of rotatable bonds is 5. The standard InChI is InChI=1S/C47H29N7/c1-4-15-30(16-5-1)45-50-46(31-17-6-2-7-18-31)52-47(51-45)32-19-14-22-34(27-32)54-40-26-13-11-24-36(40)38-29-48-41-42(44(38)54)49-28-37-35-23-10-12-25-39(35)53(43(37)41)33-20-8-3-9-21-33/h1-29H. The summed E-state index contributed by atoms with van der Waals surface area (Å²) in [5.41, 5.74) is 10.7. The van der Waals surface area contributed by atoms with Gasteiger partial charge in [-0.3, -0.25) is 9.97 Å². The van der Waals surface area contributed by atoms with Crippen molar-refractivity contribution in [2.75, 3.05) is 0 Å². The molecule has 0 aliphatic carbocycles. The zero-order chi connectivity index (χ0) is 35.6. The van der Waals surface area contributed by atoms with Crippen molar-refractivity contribution in [2.24, 2.45) is 0 Å². The molecule has 0 bridgehead atoms. The van der Waals surface area contributed by atoms with E-state index < -0.39 is 0 Å². The highest BCUT2D eigenvalue weighted by Crippen LogP contribution is 2.40. The fraction of sp³-hybridized carbons (Fsp3) is 0. The summed E-state index contributed by atoms with van der Waals surface area (Å²) >= 11 is 0. The molecule has 5 aromatic heterocycles. The minimum atomic E-state index is 0.601. The van der Waals surface area contributed by atoms with E-state index in [-0.39, 0.29) is 0 Å². The molecule has 0 fully saturated rings. The van der Waals surface area contributed by atoms with Crippen LogP contribution in [-0.2, 0) is 0 Å². The van der Waals surface area contributed by atoms with Gasteiger partial charge in [0.25, 0.3) is 0 Å². The van der Waals surface area contributed by atoms with Gasteiger partial charge in [0.2, 0.25) is 0 Å². The lowest BCUT2D eigenvalue weighted by molar-refractivity contribution is 1.07. The van der Waals surface area contributed by atoms with Gasteiger partial charge >= 0.3 is 0 Å². The molecule has 252 valence electrons. The fourth-order valence-electron chi connectivity index (χ4n) is 7.82. The van der Waals surface area contributed by atoms with Crippen LogP contribution in [0.1, 0.15) is 0 Å². The second-order valence-electron chi connectivity index (χ2n) is 13.4. The number of benzene rings is 6. The molecular weight excluding hydrogens is 663 g/mol. The van der Waals surface area contributed by atoms with E-state index in [2.05, 4.69) is 106 Å². The van der Waals surface area contributed by atoms with Gasteiger partial charge in [0, 0.05) is 62.0 Å². The third-order valence-electron chi connectivity index (χ3n) is 10.2. The van der Waals surface area contributed by atoms with Crippen LogP contribution in [0.3, 0.4) is 0 Å². The van der Waals surface area contributed by atoms with Crippen molar-refractivity contribution in [1.82, 2.24) is 34.1 Å². The van der Waals surface area contributed by atoms with Crippen LogP contribution in [0.4, 0.5) is 0 Å². The molecule has 0 spiro atoms. The maximum atomic E-state index is 5.22. The third kappa shape index (κ3) is 4.65. The number of nitrogens with zero attached hydrogens (tertiary/aromatic N) is 7. The van der Waals surface area contributed by atoms with Crippen molar-refractivity contribution in [2.45, 2.75) is 0 Å². The van der Waals surface area contributed by atoms with Gasteiger partial charge in [0.15, 0.2) is 17.5 Å². The Balaban J connectivity index is 1.18. The summed E-state index contributed by atoms with van der Waals surface area (Å²) in [6, 6.07) is 56.1. The van der Waals surface area contributed by atoms with E-state index in [0.717, 1.165) is 82.7 Å². The Morgan fingerprint density at radius 2 is 0.741 bits per heavy atom. The quantitative estimate of drug-likeness (QED) is 0.180. The van der Waals surface area contributed by atoms with Gasteiger partial charge in [0.05, 0.1) is 22.1 Å². The van der Waals surface area contributed by atoms with E-state index in [9.17, 15) is 0 Å². The molecule has 0 N–H and O–H groups in total. The third-order valence-corrected chi connectivity index (χ3v) is 10.2. The predicted molar refractivity (Wildman–Crippen MR) is 218 cm³/mol. The number of fused-ring (bicyclic) bond motifs is 9. The smallest absolute Gasteiger partial charge is 0.164 e. The molecule has 0 unspecified atom stereocenters. The van der Waals surface area contributed by atoms with Gasteiger partial charge in [-0.1, -0.05) is 127 Å². The molecule has 0 amide bonds. The highest BCUT2D eigenvalue weighted by Gasteiger charge is 2.22. The van der Waals surface area contributed by atoms with Gasteiger partial charge in [0.1, 0.15) is 11.0 Å². The first-order chi connectivity index (χ1) is 26.8. The molecule has 6 aromatic carbocycles. The molecule has 0 aliphatic heterocycles.